The molecule has 1 aromatic rings. The molecule has 0 saturated carbocycles. The van der Waals surface area contributed by atoms with Gasteiger partial charge in [0, 0.05) is 23.4 Å². The molecule has 1 aromatic carbocycles. The number of piperidine rings is 1. The van der Waals surface area contributed by atoms with Crippen LogP contribution in [0.5, 0.6) is 0 Å². The van der Waals surface area contributed by atoms with Gasteiger partial charge < -0.3 is 15.4 Å². The molecule has 11 heteroatoms. The van der Waals surface area contributed by atoms with Gasteiger partial charge in [0.05, 0.1) is 0 Å². The number of benzene rings is 1. The number of likely N-dealkylation sites (tertiary alicyclic amines) is 1. The van der Waals surface area contributed by atoms with Crippen LogP contribution in [0.15, 0.2) is 12.1 Å². The minimum absolute atomic E-state index is 0.245. The maximum Gasteiger partial charge on any atom is 0.406 e. The number of rotatable bonds is 5. The minimum atomic E-state index is -4.77. The number of halogens is 6. The van der Waals surface area contributed by atoms with Gasteiger partial charge in [0.1, 0.15) is 18.0 Å². The van der Waals surface area contributed by atoms with Crippen LogP contribution >= 0.6 is 0 Å². The lowest BCUT2D eigenvalue weighted by Crippen LogP contribution is -2.54. The first-order valence-electron chi connectivity index (χ1n) is 9.12. The SMILES string of the molecule is C[C@@H]1[C@H](c2c(F)ccc(F)c2F)C[C@@H](CC(C)(C)OC(N)=O)C(=O)N1CC(F)(F)F. The normalized spacial score (nSPS) is 22.9. The Labute approximate surface area is 169 Å². The first-order valence-corrected chi connectivity index (χ1v) is 9.12. The second kappa shape index (κ2) is 8.35. The largest absolute Gasteiger partial charge is 0.444 e. The Balaban J connectivity index is 2.49. The van der Waals surface area contributed by atoms with Crippen LogP contribution < -0.4 is 5.73 Å². The molecule has 2 amide bonds. The number of ether oxygens (including phenoxy) is 1. The van der Waals surface area contributed by atoms with Gasteiger partial charge in [-0.25, -0.2) is 18.0 Å². The molecule has 0 bridgehead atoms. The molecule has 3 atom stereocenters. The van der Waals surface area contributed by atoms with Crippen molar-refractivity contribution in [1.82, 2.24) is 4.90 Å². The predicted octanol–water partition coefficient (Wildman–Crippen LogP) is 4.25. The summed E-state index contributed by atoms with van der Waals surface area (Å²) >= 11 is 0. The highest BCUT2D eigenvalue weighted by Crippen LogP contribution is 2.42. The van der Waals surface area contributed by atoms with Crippen LogP contribution in [0.2, 0.25) is 0 Å². The molecule has 30 heavy (non-hydrogen) atoms. The zero-order chi connectivity index (χ0) is 23.0. The van der Waals surface area contributed by atoms with Gasteiger partial charge in [-0.2, -0.15) is 13.2 Å². The number of amides is 2. The lowest BCUT2D eigenvalue weighted by atomic mass is 9.75. The van der Waals surface area contributed by atoms with E-state index in [0.29, 0.717) is 17.0 Å². The molecule has 1 saturated heterocycles. The molecular weight excluding hydrogens is 418 g/mol. The van der Waals surface area contributed by atoms with Crippen molar-refractivity contribution in [1.29, 1.82) is 0 Å². The number of primary amides is 1. The molecule has 2 rings (SSSR count). The Bertz CT molecular complexity index is 827. The third-order valence-corrected chi connectivity index (χ3v) is 5.16. The highest BCUT2D eigenvalue weighted by Gasteiger charge is 2.47. The maximum absolute atomic E-state index is 14.4. The summed E-state index contributed by atoms with van der Waals surface area (Å²) in [6.07, 6.45) is -6.43. The molecule has 2 N–H and O–H groups in total. The van der Waals surface area contributed by atoms with Gasteiger partial charge in [-0.05, 0) is 45.7 Å². The van der Waals surface area contributed by atoms with Crippen LogP contribution in [0.25, 0.3) is 0 Å². The second-order valence-corrected chi connectivity index (χ2v) is 8.00. The zero-order valence-corrected chi connectivity index (χ0v) is 16.5. The Morgan fingerprint density at radius 3 is 2.30 bits per heavy atom. The third kappa shape index (κ3) is 5.37. The minimum Gasteiger partial charge on any atom is -0.444 e. The van der Waals surface area contributed by atoms with Gasteiger partial charge in [-0.3, -0.25) is 4.79 Å². The van der Waals surface area contributed by atoms with Gasteiger partial charge in [-0.15, -0.1) is 0 Å². The fourth-order valence-corrected chi connectivity index (χ4v) is 3.99. The number of alkyl halides is 3. The monoisotopic (exact) mass is 440 g/mol. The van der Waals surface area contributed by atoms with E-state index < -0.39 is 71.2 Å². The Morgan fingerprint density at radius 2 is 1.77 bits per heavy atom. The van der Waals surface area contributed by atoms with Crippen molar-refractivity contribution in [3.63, 3.8) is 0 Å². The summed E-state index contributed by atoms with van der Waals surface area (Å²) in [7, 11) is 0. The van der Waals surface area contributed by atoms with Gasteiger partial charge in [0.25, 0.3) is 0 Å². The average molecular weight is 440 g/mol. The second-order valence-electron chi connectivity index (χ2n) is 8.00. The van der Waals surface area contributed by atoms with E-state index in [2.05, 4.69) is 0 Å². The molecule has 0 spiro atoms. The lowest BCUT2D eigenvalue weighted by molar-refractivity contribution is -0.174. The number of hydrogen-bond acceptors (Lipinski definition) is 3. The molecule has 0 unspecified atom stereocenters. The molecule has 0 radical (unpaired) electrons. The van der Waals surface area contributed by atoms with Crippen molar-refractivity contribution in [2.75, 3.05) is 6.54 Å². The summed E-state index contributed by atoms with van der Waals surface area (Å²) in [6.45, 7) is 2.38. The summed E-state index contributed by atoms with van der Waals surface area (Å²) in [6, 6.07) is -0.0109. The van der Waals surface area contributed by atoms with Crippen molar-refractivity contribution in [2.24, 2.45) is 11.7 Å². The fourth-order valence-electron chi connectivity index (χ4n) is 3.99. The van der Waals surface area contributed by atoms with Crippen LogP contribution in [0, 0.1) is 23.4 Å². The van der Waals surface area contributed by atoms with E-state index in [1.807, 2.05) is 0 Å². The Morgan fingerprint density at radius 1 is 1.20 bits per heavy atom. The maximum atomic E-state index is 14.4. The number of carbonyl (C=O) groups excluding carboxylic acids is 2. The molecule has 1 aliphatic rings. The molecule has 0 aliphatic carbocycles. The van der Waals surface area contributed by atoms with Crippen molar-refractivity contribution in [3.8, 4) is 0 Å². The summed E-state index contributed by atoms with van der Waals surface area (Å²) in [5, 5.41) is 0. The van der Waals surface area contributed by atoms with E-state index >= 15 is 0 Å². The van der Waals surface area contributed by atoms with Gasteiger partial charge >= 0.3 is 12.3 Å². The van der Waals surface area contributed by atoms with Crippen LogP contribution in [0.4, 0.5) is 31.1 Å². The number of carbonyl (C=O) groups is 2. The average Bonchev–Trinajstić information content (AvgIpc) is 2.57. The van der Waals surface area contributed by atoms with Crippen molar-refractivity contribution >= 4 is 12.0 Å². The third-order valence-electron chi connectivity index (χ3n) is 5.16. The molecule has 0 aromatic heterocycles. The van der Waals surface area contributed by atoms with Gasteiger partial charge in [0.15, 0.2) is 11.6 Å². The highest BCUT2D eigenvalue weighted by molar-refractivity contribution is 5.80. The van der Waals surface area contributed by atoms with E-state index in [4.69, 9.17) is 10.5 Å². The lowest BCUT2D eigenvalue weighted by Gasteiger charge is -2.44. The summed E-state index contributed by atoms with van der Waals surface area (Å²) < 4.78 is 86.6. The van der Waals surface area contributed by atoms with Crippen molar-refractivity contribution < 1.29 is 40.7 Å². The summed E-state index contributed by atoms with van der Waals surface area (Å²) in [5.74, 6) is -7.33. The summed E-state index contributed by atoms with van der Waals surface area (Å²) in [5.41, 5.74) is 2.92. The topological polar surface area (TPSA) is 72.6 Å². The van der Waals surface area contributed by atoms with E-state index in [1.54, 1.807) is 0 Å². The van der Waals surface area contributed by atoms with Crippen molar-refractivity contribution in [3.05, 3.63) is 35.1 Å². The van der Waals surface area contributed by atoms with Crippen LogP contribution in [0.1, 0.15) is 45.1 Å². The standard InChI is InChI=1S/C19H22F6N2O3/c1-9-11(14-12(20)4-5-13(21)15(14)22)6-10(7-18(2,3)30-17(26)29)16(28)27(9)8-19(23,24)25/h4-5,9-11H,6-8H2,1-3H3,(H2,26,29)/t9-,10+,11-/m1/s1. The molecule has 1 aliphatic heterocycles. The van der Waals surface area contributed by atoms with E-state index in [-0.39, 0.29) is 12.8 Å². The first kappa shape index (κ1) is 23.8. The smallest absolute Gasteiger partial charge is 0.406 e. The Hall–Kier alpha value is -2.46. The number of nitrogens with zero attached hydrogens (tertiary/aromatic N) is 1. The quantitative estimate of drug-likeness (QED) is 0.550. The molecule has 168 valence electrons. The van der Waals surface area contributed by atoms with Gasteiger partial charge in [-0.1, -0.05) is 0 Å². The highest BCUT2D eigenvalue weighted by atomic mass is 19.4. The van der Waals surface area contributed by atoms with Gasteiger partial charge in [0.2, 0.25) is 5.91 Å². The fraction of sp³-hybridized carbons (Fsp3) is 0.579. The first-order chi connectivity index (χ1) is 13.6. The van der Waals surface area contributed by atoms with E-state index in [9.17, 15) is 35.9 Å². The Kier molecular flexibility index (Phi) is 6.63. The summed E-state index contributed by atoms with van der Waals surface area (Å²) in [4.78, 5) is 24.3. The molecule has 1 fully saturated rings. The van der Waals surface area contributed by atoms with Crippen LogP contribution in [0.3, 0.4) is 0 Å². The van der Waals surface area contributed by atoms with Crippen LogP contribution in [-0.2, 0) is 9.53 Å². The van der Waals surface area contributed by atoms with Crippen molar-refractivity contribution in [2.45, 2.75) is 57.3 Å². The molecule has 1 heterocycles. The predicted molar refractivity (Wildman–Crippen MR) is 93.8 cm³/mol. The molecule has 5 nitrogen and oxygen atoms in total. The molecular formula is C19H22F6N2O3. The van der Waals surface area contributed by atoms with E-state index in [1.165, 1.54) is 20.8 Å². The number of nitrogens with two attached hydrogens (primary N) is 1. The van der Waals surface area contributed by atoms with Crippen LogP contribution in [-0.4, -0.2) is 41.3 Å². The number of hydrogen-bond donors (Lipinski definition) is 1. The van der Waals surface area contributed by atoms with E-state index in [0.717, 1.165) is 0 Å². The zero-order valence-electron chi connectivity index (χ0n) is 16.5.